The van der Waals surface area contributed by atoms with Crippen LogP contribution in [0.5, 0.6) is 0 Å². The van der Waals surface area contributed by atoms with E-state index in [1.165, 1.54) is 12.1 Å². The fourth-order valence-corrected chi connectivity index (χ4v) is 4.43. The lowest BCUT2D eigenvalue weighted by Crippen LogP contribution is -2.48. The number of carbonyl (C=O) groups is 2. The molecule has 2 atom stereocenters. The summed E-state index contributed by atoms with van der Waals surface area (Å²) in [5.74, 6) is -2.02. The summed E-state index contributed by atoms with van der Waals surface area (Å²) in [6, 6.07) is 16.6. The largest absolute Gasteiger partial charge is 0.390 e. The Morgan fingerprint density at radius 1 is 0.973 bits per heavy atom. The van der Waals surface area contributed by atoms with Crippen LogP contribution in [0.2, 0.25) is 0 Å². The maximum absolute atomic E-state index is 13.8. The Kier molecular flexibility index (Phi) is 11.0. The number of aliphatic hydroxyl groups excluding tert-OH is 1. The Labute approximate surface area is 229 Å². The number of nitrogens with one attached hydrogen (secondary N) is 3. The van der Waals surface area contributed by atoms with Crippen molar-refractivity contribution in [1.29, 1.82) is 0 Å². The van der Waals surface area contributed by atoms with Crippen molar-refractivity contribution in [2.45, 2.75) is 44.9 Å². The minimum absolute atomic E-state index is 0.0255. The molecule has 3 aromatic rings. The normalized spacial score (nSPS) is 12.6. The van der Waals surface area contributed by atoms with Gasteiger partial charge < -0.3 is 21.1 Å². The molecular formula is C28H30F2IN3O3. The van der Waals surface area contributed by atoms with E-state index in [1.807, 2.05) is 31.2 Å². The maximum atomic E-state index is 13.8. The lowest BCUT2D eigenvalue weighted by Gasteiger charge is -2.25. The third kappa shape index (κ3) is 9.49. The Morgan fingerprint density at radius 3 is 2.32 bits per heavy atom. The summed E-state index contributed by atoms with van der Waals surface area (Å²) in [4.78, 5) is 24.8. The van der Waals surface area contributed by atoms with Gasteiger partial charge in [-0.1, -0.05) is 19.1 Å². The van der Waals surface area contributed by atoms with Gasteiger partial charge in [0, 0.05) is 40.4 Å². The summed E-state index contributed by atoms with van der Waals surface area (Å²) in [5.41, 5.74) is 2.25. The van der Waals surface area contributed by atoms with Gasteiger partial charge in [0.15, 0.2) is 0 Å². The maximum Gasteiger partial charge on any atom is 0.251 e. The second kappa shape index (κ2) is 14.2. The van der Waals surface area contributed by atoms with Gasteiger partial charge in [-0.05, 0) is 95.1 Å². The molecule has 37 heavy (non-hydrogen) atoms. The average Bonchev–Trinajstić information content (AvgIpc) is 2.83. The Balaban J connectivity index is 1.69. The molecule has 0 heterocycles. The fourth-order valence-electron chi connectivity index (χ4n) is 3.83. The molecule has 0 spiro atoms. The summed E-state index contributed by atoms with van der Waals surface area (Å²) < 4.78 is 28.6. The second-order valence-electron chi connectivity index (χ2n) is 8.77. The van der Waals surface area contributed by atoms with Gasteiger partial charge in [0.25, 0.3) is 5.91 Å². The molecule has 6 nitrogen and oxygen atoms in total. The van der Waals surface area contributed by atoms with Gasteiger partial charge >= 0.3 is 0 Å². The van der Waals surface area contributed by atoms with Crippen molar-refractivity contribution in [3.8, 4) is 0 Å². The van der Waals surface area contributed by atoms with Crippen LogP contribution >= 0.6 is 22.6 Å². The summed E-state index contributed by atoms with van der Waals surface area (Å²) in [7, 11) is 0. The first-order valence-electron chi connectivity index (χ1n) is 12.0. The van der Waals surface area contributed by atoms with Crippen LogP contribution in [0.15, 0.2) is 66.7 Å². The molecule has 0 radical (unpaired) electrons. The predicted molar refractivity (Wildman–Crippen MR) is 148 cm³/mol. The summed E-state index contributed by atoms with van der Waals surface area (Å²) in [6.07, 6.45) is 0.119. The molecule has 0 bridgehead atoms. The smallest absolute Gasteiger partial charge is 0.251 e. The number of anilines is 1. The van der Waals surface area contributed by atoms with E-state index in [9.17, 15) is 23.5 Å². The first-order chi connectivity index (χ1) is 17.7. The van der Waals surface area contributed by atoms with Gasteiger partial charge in [0.2, 0.25) is 5.91 Å². The molecule has 0 fully saturated rings. The highest BCUT2D eigenvalue weighted by atomic mass is 127. The van der Waals surface area contributed by atoms with Crippen LogP contribution in [0, 0.1) is 15.2 Å². The van der Waals surface area contributed by atoms with Gasteiger partial charge in [-0.25, -0.2) is 8.78 Å². The molecule has 4 N–H and O–H groups in total. The quantitative estimate of drug-likeness (QED) is 0.219. The van der Waals surface area contributed by atoms with Gasteiger partial charge in [0.1, 0.15) is 11.6 Å². The molecule has 0 aromatic heterocycles. The molecule has 0 aliphatic heterocycles. The van der Waals surface area contributed by atoms with Crippen LogP contribution in [0.3, 0.4) is 0 Å². The third-order valence-electron chi connectivity index (χ3n) is 5.64. The van der Waals surface area contributed by atoms with E-state index < -0.39 is 29.7 Å². The number of benzene rings is 3. The summed E-state index contributed by atoms with van der Waals surface area (Å²) in [6.45, 7) is 2.57. The zero-order chi connectivity index (χ0) is 26.8. The minimum Gasteiger partial charge on any atom is -0.390 e. The minimum atomic E-state index is -1.04. The topological polar surface area (TPSA) is 90.5 Å². The number of halogens is 3. The van der Waals surface area contributed by atoms with Crippen LogP contribution in [0.25, 0.3) is 0 Å². The van der Waals surface area contributed by atoms with Crippen LogP contribution in [-0.2, 0) is 17.8 Å². The van der Waals surface area contributed by atoms with E-state index in [-0.39, 0.29) is 18.9 Å². The summed E-state index contributed by atoms with van der Waals surface area (Å²) >= 11 is 2.22. The Bertz CT molecular complexity index is 1190. The van der Waals surface area contributed by atoms with E-state index in [4.69, 9.17) is 0 Å². The predicted octanol–water partition coefficient (Wildman–Crippen LogP) is 4.80. The standard InChI is InChI=1S/C28H30F2IN3O3/c1-2-4-27(36)33-24-9-7-20(8-10-24)28(37)34-25(14-19-11-21(29)15-22(30)12-19)26(35)17-32-16-18-5-3-6-23(31)13-18/h3,5-13,15,25-26,32,35H,2,4,14,16-17H2,1H3,(H,33,36)(H,34,37). The molecule has 196 valence electrons. The zero-order valence-corrected chi connectivity index (χ0v) is 22.6. The molecule has 9 heteroatoms. The zero-order valence-electron chi connectivity index (χ0n) is 20.4. The van der Waals surface area contributed by atoms with E-state index in [0.29, 0.717) is 29.8 Å². The highest BCUT2D eigenvalue weighted by Crippen LogP contribution is 2.15. The number of carbonyl (C=O) groups excluding carboxylic acids is 2. The van der Waals surface area contributed by atoms with Gasteiger partial charge in [-0.2, -0.15) is 0 Å². The molecule has 2 amide bonds. The molecule has 3 rings (SSSR count). The van der Waals surface area contributed by atoms with Crippen LogP contribution in [-0.4, -0.2) is 35.6 Å². The lowest BCUT2D eigenvalue weighted by atomic mass is 10.00. The van der Waals surface area contributed by atoms with Crippen molar-refractivity contribution in [2.75, 3.05) is 11.9 Å². The second-order valence-corrected chi connectivity index (χ2v) is 10.0. The molecular weight excluding hydrogens is 591 g/mol. The first kappa shape index (κ1) is 28.7. The fraction of sp³-hybridized carbons (Fsp3) is 0.286. The number of hydrogen-bond donors (Lipinski definition) is 4. The highest BCUT2D eigenvalue weighted by Gasteiger charge is 2.23. The van der Waals surface area contributed by atoms with Crippen LogP contribution < -0.4 is 16.0 Å². The van der Waals surface area contributed by atoms with Crippen LogP contribution in [0.4, 0.5) is 14.5 Å². The van der Waals surface area contributed by atoms with E-state index in [1.54, 1.807) is 24.3 Å². The number of amides is 2. The van der Waals surface area contributed by atoms with Crippen molar-refractivity contribution in [3.05, 3.63) is 98.6 Å². The lowest BCUT2D eigenvalue weighted by molar-refractivity contribution is -0.116. The van der Waals surface area contributed by atoms with Crippen molar-refractivity contribution >= 4 is 40.1 Å². The van der Waals surface area contributed by atoms with Gasteiger partial charge in [-0.3, -0.25) is 9.59 Å². The molecule has 0 saturated carbocycles. The summed E-state index contributed by atoms with van der Waals surface area (Å²) in [5, 5.41) is 19.6. The Morgan fingerprint density at radius 2 is 1.68 bits per heavy atom. The van der Waals surface area contributed by atoms with Crippen molar-refractivity contribution < 1.29 is 23.5 Å². The SMILES string of the molecule is CCCC(=O)Nc1ccc(C(=O)NC(Cc2cc(F)cc(F)c2)C(O)CNCc2cccc(I)c2)cc1. The molecule has 0 aliphatic rings. The Hall–Kier alpha value is -2.89. The monoisotopic (exact) mass is 621 g/mol. The third-order valence-corrected chi connectivity index (χ3v) is 6.31. The van der Waals surface area contributed by atoms with E-state index in [2.05, 4.69) is 38.5 Å². The highest BCUT2D eigenvalue weighted by molar-refractivity contribution is 14.1. The van der Waals surface area contributed by atoms with Crippen LogP contribution in [0.1, 0.15) is 41.3 Å². The van der Waals surface area contributed by atoms with E-state index >= 15 is 0 Å². The van der Waals surface area contributed by atoms with Crippen molar-refractivity contribution in [2.24, 2.45) is 0 Å². The number of rotatable bonds is 12. The molecule has 0 aliphatic carbocycles. The van der Waals surface area contributed by atoms with E-state index in [0.717, 1.165) is 21.6 Å². The molecule has 0 saturated heterocycles. The van der Waals surface area contributed by atoms with Gasteiger partial charge in [-0.15, -0.1) is 0 Å². The van der Waals surface area contributed by atoms with Gasteiger partial charge in [0.05, 0.1) is 12.1 Å². The first-order valence-corrected chi connectivity index (χ1v) is 13.1. The molecule has 3 aromatic carbocycles. The van der Waals surface area contributed by atoms with Crippen molar-refractivity contribution in [3.63, 3.8) is 0 Å². The average molecular weight is 621 g/mol. The molecule has 2 unspecified atom stereocenters. The van der Waals surface area contributed by atoms with Crippen molar-refractivity contribution in [1.82, 2.24) is 10.6 Å². The number of aliphatic hydroxyl groups is 1. The number of hydrogen-bond acceptors (Lipinski definition) is 4.